The van der Waals surface area contributed by atoms with Gasteiger partial charge in [-0.05, 0) is 37.1 Å². The van der Waals surface area contributed by atoms with Gasteiger partial charge in [-0.25, -0.2) is 4.68 Å². The van der Waals surface area contributed by atoms with Crippen LogP contribution in [0.15, 0.2) is 54.7 Å². The molecule has 1 aromatic heterocycles. The van der Waals surface area contributed by atoms with E-state index in [2.05, 4.69) is 5.32 Å². The van der Waals surface area contributed by atoms with Crippen LogP contribution in [0.25, 0.3) is 16.9 Å². The Labute approximate surface area is 175 Å². The van der Waals surface area contributed by atoms with Crippen LogP contribution >= 0.6 is 0 Å². The maximum absolute atomic E-state index is 13.1. The minimum Gasteiger partial charge on any atom is -0.497 e. The zero-order chi connectivity index (χ0) is 20.9. The van der Waals surface area contributed by atoms with E-state index in [0.29, 0.717) is 29.3 Å². The van der Waals surface area contributed by atoms with E-state index >= 15 is 0 Å². The molecule has 0 spiro atoms. The lowest BCUT2D eigenvalue weighted by Crippen LogP contribution is -2.31. The average molecular weight is 407 g/mol. The van der Waals surface area contributed by atoms with E-state index < -0.39 is 0 Å². The first-order chi connectivity index (χ1) is 14.7. The van der Waals surface area contributed by atoms with Crippen LogP contribution in [-0.2, 0) is 4.74 Å². The summed E-state index contributed by atoms with van der Waals surface area (Å²) >= 11 is 0. The molecule has 7 nitrogen and oxygen atoms in total. The largest absolute Gasteiger partial charge is 0.497 e. The molecule has 1 fully saturated rings. The van der Waals surface area contributed by atoms with E-state index in [1.54, 1.807) is 31.2 Å². The Balaban J connectivity index is 1.72. The number of rotatable bonds is 7. The van der Waals surface area contributed by atoms with Crippen LogP contribution in [0.2, 0.25) is 0 Å². The van der Waals surface area contributed by atoms with Gasteiger partial charge in [-0.2, -0.15) is 5.10 Å². The fourth-order valence-electron chi connectivity index (χ4n) is 3.55. The van der Waals surface area contributed by atoms with Gasteiger partial charge in [0.1, 0.15) is 17.2 Å². The third-order valence-electron chi connectivity index (χ3n) is 5.16. The fraction of sp³-hybridized carbons (Fsp3) is 0.304. The number of carbonyl (C=O) groups excluding carboxylic acids is 1. The molecule has 2 aromatic carbocycles. The third kappa shape index (κ3) is 4.16. The summed E-state index contributed by atoms with van der Waals surface area (Å²) in [6.45, 7) is 1.23. The summed E-state index contributed by atoms with van der Waals surface area (Å²) in [4.78, 5) is 13.1. The van der Waals surface area contributed by atoms with Crippen molar-refractivity contribution >= 4 is 5.91 Å². The number of aromatic nitrogens is 2. The summed E-state index contributed by atoms with van der Waals surface area (Å²) in [5.74, 6) is 1.06. The summed E-state index contributed by atoms with van der Waals surface area (Å²) in [7, 11) is 3.19. The Kier molecular flexibility index (Phi) is 5.99. The van der Waals surface area contributed by atoms with E-state index in [9.17, 15) is 4.79 Å². The molecular weight excluding hydrogens is 382 g/mol. The molecule has 0 radical (unpaired) electrons. The van der Waals surface area contributed by atoms with E-state index in [4.69, 9.17) is 19.3 Å². The molecular formula is C23H25N3O4. The van der Waals surface area contributed by atoms with Crippen LogP contribution in [0.4, 0.5) is 0 Å². The average Bonchev–Trinajstić information content (AvgIpc) is 3.48. The number of nitrogens with zero attached hydrogens (tertiary/aromatic N) is 2. The van der Waals surface area contributed by atoms with E-state index in [1.165, 1.54) is 0 Å². The lowest BCUT2D eigenvalue weighted by Gasteiger charge is -2.12. The molecule has 1 saturated heterocycles. The summed E-state index contributed by atoms with van der Waals surface area (Å²) in [5, 5.41) is 7.71. The molecule has 0 unspecified atom stereocenters. The van der Waals surface area contributed by atoms with Crippen LogP contribution in [0.3, 0.4) is 0 Å². The number of hydrogen-bond acceptors (Lipinski definition) is 5. The number of amides is 1. The van der Waals surface area contributed by atoms with Crippen molar-refractivity contribution in [3.63, 3.8) is 0 Å². The molecule has 1 aliphatic heterocycles. The molecule has 156 valence electrons. The molecule has 7 heteroatoms. The van der Waals surface area contributed by atoms with Crippen molar-refractivity contribution in [1.29, 1.82) is 0 Å². The Morgan fingerprint density at radius 3 is 2.73 bits per heavy atom. The second kappa shape index (κ2) is 9.00. The van der Waals surface area contributed by atoms with Crippen LogP contribution < -0.4 is 14.8 Å². The SMILES string of the molecule is COc1ccc(-c2nn(-c3ccccc3)cc2C(=O)NC[C@H]2CCCO2)c(OC)c1. The molecule has 4 rings (SSSR count). The van der Waals surface area contributed by atoms with Crippen molar-refractivity contribution in [2.45, 2.75) is 18.9 Å². The maximum Gasteiger partial charge on any atom is 0.255 e. The molecule has 0 saturated carbocycles. The van der Waals surface area contributed by atoms with Gasteiger partial charge in [-0.3, -0.25) is 4.79 Å². The Morgan fingerprint density at radius 2 is 2.03 bits per heavy atom. The van der Waals surface area contributed by atoms with Gasteiger partial charge in [-0.15, -0.1) is 0 Å². The number of para-hydroxylation sites is 1. The Hall–Kier alpha value is -3.32. The van der Waals surface area contributed by atoms with E-state index in [0.717, 1.165) is 30.7 Å². The van der Waals surface area contributed by atoms with Crippen molar-refractivity contribution in [2.75, 3.05) is 27.4 Å². The molecule has 1 atom stereocenters. The topological polar surface area (TPSA) is 74.6 Å². The lowest BCUT2D eigenvalue weighted by atomic mass is 10.1. The second-order valence-corrected chi connectivity index (χ2v) is 7.08. The number of benzene rings is 2. The number of nitrogens with one attached hydrogen (secondary N) is 1. The first kappa shape index (κ1) is 20.0. The summed E-state index contributed by atoms with van der Waals surface area (Å²) in [6, 6.07) is 15.1. The Bertz CT molecular complexity index is 1010. The monoisotopic (exact) mass is 407 g/mol. The van der Waals surface area contributed by atoms with Crippen molar-refractivity contribution in [3.8, 4) is 28.4 Å². The van der Waals surface area contributed by atoms with Gasteiger partial charge in [0.25, 0.3) is 5.91 Å². The van der Waals surface area contributed by atoms with Gasteiger partial charge in [0.05, 0.1) is 31.6 Å². The highest BCUT2D eigenvalue weighted by atomic mass is 16.5. The zero-order valence-corrected chi connectivity index (χ0v) is 17.1. The predicted molar refractivity (Wildman–Crippen MR) is 113 cm³/mol. The molecule has 2 heterocycles. The van der Waals surface area contributed by atoms with Gasteiger partial charge < -0.3 is 19.5 Å². The predicted octanol–water partition coefficient (Wildman–Crippen LogP) is 3.47. The first-order valence-corrected chi connectivity index (χ1v) is 9.97. The maximum atomic E-state index is 13.1. The van der Waals surface area contributed by atoms with Crippen molar-refractivity contribution in [3.05, 3.63) is 60.3 Å². The summed E-state index contributed by atoms with van der Waals surface area (Å²) in [5.41, 5.74) is 2.60. The van der Waals surface area contributed by atoms with Gasteiger partial charge in [-0.1, -0.05) is 18.2 Å². The highest BCUT2D eigenvalue weighted by Crippen LogP contribution is 2.34. The van der Waals surface area contributed by atoms with Crippen LogP contribution in [-0.4, -0.2) is 49.2 Å². The van der Waals surface area contributed by atoms with E-state index in [1.807, 2.05) is 42.5 Å². The number of hydrogen-bond donors (Lipinski definition) is 1. The van der Waals surface area contributed by atoms with Gasteiger partial charge in [0.2, 0.25) is 0 Å². The second-order valence-electron chi connectivity index (χ2n) is 7.08. The molecule has 1 N–H and O–H groups in total. The number of methoxy groups -OCH3 is 2. The quantitative estimate of drug-likeness (QED) is 0.649. The zero-order valence-electron chi connectivity index (χ0n) is 17.1. The molecule has 3 aromatic rings. The van der Waals surface area contributed by atoms with Crippen molar-refractivity contribution in [2.24, 2.45) is 0 Å². The standard InChI is InChI=1S/C23H25N3O4/c1-28-17-10-11-19(21(13-17)29-2)22-20(23(27)24-14-18-9-6-12-30-18)15-26(25-22)16-7-4-3-5-8-16/h3-5,7-8,10-11,13,15,18H,6,9,12,14H2,1-2H3,(H,24,27)/t18-/m1/s1. The highest BCUT2D eigenvalue weighted by molar-refractivity contribution is 6.00. The Morgan fingerprint density at radius 1 is 1.20 bits per heavy atom. The molecule has 0 aliphatic carbocycles. The van der Waals surface area contributed by atoms with Crippen LogP contribution in [0.5, 0.6) is 11.5 Å². The molecule has 0 bridgehead atoms. The third-order valence-corrected chi connectivity index (χ3v) is 5.16. The van der Waals surface area contributed by atoms with Gasteiger partial charge >= 0.3 is 0 Å². The number of ether oxygens (including phenoxy) is 3. The minimum absolute atomic E-state index is 0.0668. The molecule has 1 amide bonds. The summed E-state index contributed by atoms with van der Waals surface area (Å²) < 4.78 is 18.2. The van der Waals surface area contributed by atoms with Gasteiger partial charge in [0, 0.05) is 31.0 Å². The molecule has 1 aliphatic rings. The fourth-order valence-corrected chi connectivity index (χ4v) is 3.55. The van der Waals surface area contributed by atoms with E-state index in [-0.39, 0.29) is 12.0 Å². The lowest BCUT2D eigenvalue weighted by molar-refractivity contribution is 0.0858. The molecule has 30 heavy (non-hydrogen) atoms. The first-order valence-electron chi connectivity index (χ1n) is 9.97. The van der Waals surface area contributed by atoms with Crippen LogP contribution in [0, 0.1) is 0 Å². The minimum atomic E-state index is -0.194. The van der Waals surface area contributed by atoms with Crippen LogP contribution in [0.1, 0.15) is 23.2 Å². The normalized spacial score (nSPS) is 15.7. The summed E-state index contributed by atoms with van der Waals surface area (Å²) in [6.07, 6.45) is 3.81. The highest BCUT2D eigenvalue weighted by Gasteiger charge is 2.23. The smallest absolute Gasteiger partial charge is 0.255 e. The number of carbonyl (C=O) groups is 1. The van der Waals surface area contributed by atoms with Crippen molar-refractivity contribution < 1.29 is 19.0 Å². The van der Waals surface area contributed by atoms with Crippen molar-refractivity contribution in [1.82, 2.24) is 15.1 Å². The van der Waals surface area contributed by atoms with Gasteiger partial charge in [0.15, 0.2) is 0 Å².